The molecule has 1 aromatic heterocycles. The molecule has 0 unspecified atom stereocenters. The molecule has 2 amide bonds. The van der Waals surface area contributed by atoms with E-state index in [0.717, 1.165) is 13.1 Å². The fraction of sp³-hybridized carbons (Fsp3) is 0.389. The van der Waals surface area contributed by atoms with Gasteiger partial charge in [-0.05, 0) is 44.1 Å². The fourth-order valence-electron chi connectivity index (χ4n) is 3.13. The van der Waals surface area contributed by atoms with Gasteiger partial charge in [-0.15, -0.1) is 12.4 Å². The molecule has 1 saturated heterocycles. The zero-order chi connectivity index (χ0) is 17.5. The van der Waals surface area contributed by atoms with Crippen LogP contribution in [0, 0.1) is 0 Å². The van der Waals surface area contributed by atoms with Crippen LogP contribution in [0.1, 0.15) is 23.2 Å². The van der Waals surface area contributed by atoms with Crippen molar-refractivity contribution in [1.82, 2.24) is 25.7 Å². The summed E-state index contributed by atoms with van der Waals surface area (Å²) in [5, 5.41) is 13.3. The second-order valence-corrected chi connectivity index (χ2v) is 6.11. The van der Waals surface area contributed by atoms with Crippen LogP contribution >= 0.6 is 12.4 Å². The molecule has 3 rings (SSSR count). The van der Waals surface area contributed by atoms with Crippen molar-refractivity contribution in [3.63, 3.8) is 0 Å². The topological polar surface area (TPSA) is 88.1 Å². The third-order valence-corrected chi connectivity index (χ3v) is 4.53. The van der Waals surface area contributed by atoms with Crippen molar-refractivity contribution in [3.05, 3.63) is 54.4 Å². The number of carbonyl (C=O) groups is 2. The first-order valence-electron chi connectivity index (χ1n) is 8.55. The maximum absolute atomic E-state index is 12.8. The summed E-state index contributed by atoms with van der Waals surface area (Å²) in [5.74, 6) is -0.190. The average molecular weight is 378 g/mol. The van der Waals surface area contributed by atoms with E-state index in [0.29, 0.717) is 31.5 Å². The minimum Gasteiger partial charge on any atom is -0.352 e. The number of aromatic nitrogens is 2. The number of piperidine rings is 1. The van der Waals surface area contributed by atoms with Crippen molar-refractivity contribution in [1.29, 1.82) is 0 Å². The SMILES string of the molecule is Cl.O=C(NCCNC(=O)C1(n2cccn2)CCNCC1)c1ccccc1. The number of hydrogen-bond acceptors (Lipinski definition) is 4. The van der Waals surface area contributed by atoms with Crippen LogP contribution in [0.3, 0.4) is 0 Å². The lowest BCUT2D eigenvalue weighted by molar-refractivity contribution is -0.131. The van der Waals surface area contributed by atoms with Gasteiger partial charge in [-0.3, -0.25) is 14.3 Å². The van der Waals surface area contributed by atoms with Crippen LogP contribution in [-0.4, -0.2) is 47.8 Å². The molecule has 2 heterocycles. The summed E-state index contributed by atoms with van der Waals surface area (Å²) < 4.78 is 1.76. The molecular weight excluding hydrogens is 354 g/mol. The van der Waals surface area contributed by atoms with Crippen LogP contribution in [0.15, 0.2) is 48.8 Å². The summed E-state index contributed by atoms with van der Waals surface area (Å²) in [7, 11) is 0. The Morgan fingerprint density at radius 2 is 1.77 bits per heavy atom. The highest BCUT2D eigenvalue weighted by Gasteiger charge is 2.41. The number of hydrogen-bond donors (Lipinski definition) is 3. The Bertz CT molecular complexity index is 700. The predicted octanol–water partition coefficient (Wildman–Crippen LogP) is 0.930. The van der Waals surface area contributed by atoms with E-state index in [1.165, 1.54) is 0 Å². The molecule has 0 spiro atoms. The van der Waals surface area contributed by atoms with Crippen molar-refractivity contribution in [2.24, 2.45) is 0 Å². The third-order valence-electron chi connectivity index (χ3n) is 4.53. The van der Waals surface area contributed by atoms with E-state index in [1.54, 1.807) is 23.0 Å². The van der Waals surface area contributed by atoms with Gasteiger partial charge in [0.2, 0.25) is 5.91 Å². The van der Waals surface area contributed by atoms with Crippen molar-refractivity contribution in [2.45, 2.75) is 18.4 Å². The zero-order valence-electron chi connectivity index (χ0n) is 14.5. The van der Waals surface area contributed by atoms with E-state index in [9.17, 15) is 9.59 Å². The zero-order valence-corrected chi connectivity index (χ0v) is 15.3. The highest BCUT2D eigenvalue weighted by Crippen LogP contribution is 2.26. The molecule has 1 aliphatic heterocycles. The molecule has 0 bridgehead atoms. The van der Waals surface area contributed by atoms with Crippen LogP contribution in [0.25, 0.3) is 0 Å². The minimum atomic E-state index is -0.655. The monoisotopic (exact) mass is 377 g/mol. The van der Waals surface area contributed by atoms with Gasteiger partial charge in [0.15, 0.2) is 0 Å². The van der Waals surface area contributed by atoms with Gasteiger partial charge in [0.1, 0.15) is 5.54 Å². The molecule has 0 saturated carbocycles. The number of nitrogens with zero attached hydrogens (tertiary/aromatic N) is 2. The normalized spacial score (nSPS) is 15.5. The second-order valence-electron chi connectivity index (χ2n) is 6.11. The smallest absolute Gasteiger partial charge is 0.251 e. The summed E-state index contributed by atoms with van der Waals surface area (Å²) in [4.78, 5) is 24.8. The Morgan fingerprint density at radius 3 is 2.42 bits per heavy atom. The lowest BCUT2D eigenvalue weighted by atomic mass is 9.87. The van der Waals surface area contributed by atoms with E-state index in [1.807, 2.05) is 30.5 Å². The standard InChI is InChI=1S/C18H23N5O2.ClH/c24-16(15-5-2-1-3-6-15)20-12-13-21-17(25)18(7-10-19-11-8-18)23-14-4-9-22-23;/h1-6,9,14,19H,7-8,10-13H2,(H,20,24)(H,21,25);1H. The molecule has 8 heteroatoms. The molecule has 3 N–H and O–H groups in total. The van der Waals surface area contributed by atoms with Gasteiger partial charge in [0.05, 0.1) is 0 Å². The summed E-state index contributed by atoms with van der Waals surface area (Å²) in [6, 6.07) is 10.9. The summed E-state index contributed by atoms with van der Waals surface area (Å²) in [5.41, 5.74) is -0.0433. The summed E-state index contributed by atoms with van der Waals surface area (Å²) in [6.07, 6.45) is 4.91. The van der Waals surface area contributed by atoms with Crippen LogP contribution in [0.2, 0.25) is 0 Å². The second kappa shape index (κ2) is 9.35. The molecule has 1 aliphatic rings. The Hall–Kier alpha value is -2.38. The number of amides is 2. The fourth-order valence-corrected chi connectivity index (χ4v) is 3.13. The highest BCUT2D eigenvalue weighted by atomic mass is 35.5. The summed E-state index contributed by atoms with van der Waals surface area (Å²) in [6.45, 7) is 2.32. The minimum absolute atomic E-state index is 0. The number of nitrogens with one attached hydrogen (secondary N) is 3. The Morgan fingerprint density at radius 1 is 1.08 bits per heavy atom. The molecule has 140 valence electrons. The first-order valence-corrected chi connectivity index (χ1v) is 8.55. The van der Waals surface area contributed by atoms with Crippen LogP contribution in [0.4, 0.5) is 0 Å². The molecule has 0 aliphatic carbocycles. The van der Waals surface area contributed by atoms with Crippen molar-refractivity contribution < 1.29 is 9.59 Å². The van der Waals surface area contributed by atoms with Gasteiger partial charge >= 0.3 is 0 Å². The molecule has 1 fully saturated rings. The van der Waals surface area contributed by atoms with Crippen LogP contribution in [-0.2, 0) is 10.3 Å². The molecular formula is C18H24ClN5O2. The van der Waals surface area contributed by atoms with Gasteiger partial charge in [-0.2, -0.15) is 5.10 Å². The lowest BCUT2D eigenvalue weighted by Gasteiger charge is -2.36. The van der Waals surface area contributed by atoms with E-state index in [4.69, 9.17) is 0 Å². The van der Waals surface area contributed by atoms with Crippen molar-refractivity contribution >= 4 is 24.2 Å². The van der Waals surface area contributed by atoms with E-state index >= 15 is 0 Å². The van der Waals surface area contributed by atoms with Gasteiger partial charge < -0.3 is 16.0 Å². The predicted molar refractivity (Wildman–Crippen MR) is 101 cm³/mol. The molecule has 7 nitrogen and oxygen atoms in total. The Balaban J connectivity index is 0.00000243. The summed E-state index contributed by atoms with van der Waals surface area (Å²) >= 11 is 0. The molecule has 2 aromatic rings. The third kappa shape index (κ3) is 4.42. The number of rotatable bonds is 6. The molecule has 0 atom stereocenters. The molecule has 26 heavy (non-hydrogen) atoms. The van der Waals surface area contributed by atoms with Crippen molar-refractivity contribution in [2.75, 3.05) is 26.2 Å². The van der Waals surface area contributed by atoms with Crippen LogP contribution < -0.4 is 16.0 Å². The highest BCUT2D eigenvalue weighted by molar-refractivity contribution is 5.94. The van der Waals surface area contributed by atoms with E-state index < -0.39 is 5.54 Å². The average Bonchev–Trinajstić information content (AvgIpc) is 3.21. The first-order chi connectivity index (χ1) is 12.2. The maximum Gasteiger partial charge on any atom is 0.251 e. The van der Waals surface area contributed by atoms with Gasteiger partial charge in [0.25, 0.3) is 5.91 Å². The number of benzene rings is 1. The molecule has 0 radical (unpaired) electrons. The molecule has 1 aromatic carbocycles. The number of carbonyl (C=O) groups excluding carboxylic acids is 2. The van der Waals surface area contributed by atoms with Crippen molar-refractivity contribution in [3.8, 4) is 0 Å². The van der Waals surface area contributed by atoms with E-state index in [2.05, 4.69) is 21.0 Å². The van der Waals surface area contributed by atoms with E-state index in [-0.39, 0.29) is 24.2 Å². The Labute approximate surface area is 159 Å². The first kappa shape index (κ1) is 19.9. The van der Waals surface area contributed by atoms with Gasteiger partial charge in [-0.1, -0.05) is 18.2 Å². The van der Waals surface area contributed by atoms with Crippen LogP contribution in [0.5, 0.6) is 0 Å². The number of halogens is 1. The maximum atomic E-state index is 12.8. The largest absolute Gasteiger partial charge is 0.352 e. The quantitative estimate of drug-likeness (QED) is 0.653. The Kier molecular flexibility index (Phi) is 7.17. The lowest BCUT2D eigenvalue weighted by Crippen LogP contribution is -2.55. The van der Waals surface area contributed by atoms with Gasteiger partial charge in [-0.25, -0.2) is 0 Å². The van der Waals surface area contributed by atoms with Gasteiger partial charge in [0, 0.05) is 31.0 Å².